The van der Waals surface area contributed by atoms with Crippen LogP contribution in [0.1, 0.15) is 17.5 Å². The van der Waals surface area contributed by atoms with Gasteiger partial charge in [-0.1, -0.05) is 18.7 Å². The number of rotatable bonds is 4. The zero-order valence-corrected chi connectivity index (χ0v) is 20.4. The van der Waals surface area contributed by atoms with Crippen LogP contribution in [-0.2, 0) is 11.3 Å². The fourth-order valence-corrected chi connectivity index (χ4v) is 5.06. The van der Waals surface area contributed by atoms with E-state index in [1.54, 1.807) is 12.4 Å². The van der Waals surface area contributed by atoms with Crippen molar-refractivity contribution >= 4 is 34.5 Å². The Bertz CT molecular complexity index is 1370. The highest BCUT2D eigenvalue weighted by Crippen LogP contribution is 2.49. The van der Waals surface area contributed by atoms with Crippen molar-refractivity contribution < 1.29 is 4.79 Å². The van der Waals surface area contributed by atoms with Crippen LogP contribution in [0, 0.1) is 0 Å². The van der Waals surface area contributed by atoms with Gasteiger partial charge >= 0.3 is 0 Å². The molecule has 0 spiro atoms. The minimum Gasteiger partial charge on any atom is -0.355 e. The van der Waals surface area contributed by atoms with Crippen molar-refractivity contribution in [2.24, 2.45) is 0 Å². The minimum atomic E-state index is -0.178. The van der Waals surface area contributed by atoms with E-state index in [0.29, 0.717) is 23.5 Å². The number of amides is 1. The number of nitrogens with zero attached hydrogens (tertiary/aromatic N) is 5. The number of carbonyl (C=O) groups excluding carboxylic acids is 1. The quantitative estimate of drug-likeness (QED) is 0.590. The Morgan fingerprint density at radius 2 is 1.89 bits per heavy atom. The Morgan fingerprint density at radius 3 is 2.75 bits per heavy atom. The molecule has 0 bridgehead atoms. The average molecular weight is 480 g/mol. The number of carbonyl (C=O) groups is 1. The molecular formula is C28H29N7O. The molecule has 182 valence electrons. The Hall–Kier alpha value is -4.17. The summed E-state index contributed by atoms with van der Waals surface area (Å²) < 4.78 is 0. The summed E-state index contributed by atoms with van der Waals surface area (Å²) in [5, 5.41) is 6.52. The van der Waals surface area contributed by atoms with E-state index < -0.39 is 0 Å². The fraction of sp³-hybridized carbons (Fsp3) is 0.250. The van der Waals surface area contributed by atoms with E-state index in [0.717, 1.165) is 66.7 Å². The highest BCUT2D eigenvalue weighted by Gasteiger charge is 2.38. The van der Waals surface area contributed by atoms with Gasteiger partial charge in [-0.2, -0.15) is 0 Å². The molecule has 3 aromatic rings. The molecular weight excluding hydrogens is 450 g/mol. The van der Waals surface area contributed by atoms with Crippen LogP contribution < -0.4 is 20.4 Å². The summed E-state index contributed by atoms with van der Waals surface area (Å²) in [5.41, 5.74) is 4.95. The van der Waals surface area contributed by atoms with E-state index in [9.17, 15) is 4.79 Å². The number of benzene rings is 1. The first kappa shape index (κ1) is 22.3. The molecule has 2 N–H and O–H groups in total. The lowest BCUT2D eigenvalue weighted by Gasteiger charge is -2.32. The SMILES string of the molecule is C=C1C(C(=O)NCc2ccncc2)=C2Nc3ccccc3N2c2nc(N3CCCN(C)CC3)ccc21. The van der Waals surface area contributed by atoms with Gasteiger partial charge in [-0.15, -0.1) is 0 Å². The Balaban J connectivity index is 1.39. The second-order valence-corrected chi connectivity index (χ2v) is 9.40. The molecule has 0 radical (unpaired) electrons. The second-order valence-electron chi connectivity index (χ2n) is 9.40. The minimum absolute atomic E-state index is 0.178. The maximum absolute atomic E-state index is 13.5. The Morgan fingerprint density at radius 1 is 1.06 bits per heavy atom. The molecule has 3 aliphatic rings. The number of hydrogen-bond acceptors (Lipinski definition) is 7. The third-order valence-corrected chi connectivity index (χ3v) is 7.03. The number of likely N-dealkylation sites (N-methyl/N-ethyl adjacent to an activating group) is 1. The van der Waals surface area contributed by atoms with E-state index >= 15 is 0 Å². The Kier molecular flexibility index (Phi) is 5.65. The van der Waals surface area contributed by atoms with E-state index in [1.165, 1.54) is 0 Å². The molecule has 8 heteroatoms. The van der Waals surface area contributed by atoms with Crippen molar-refractivity contribution in [3.63, 3.8) is 0 Å². The zero-order valence-electron chi connectivity index (χ0n) is 20.4. The van der Waals surface area contributed by atoms with Crippen LogP contribution >= 0.6 is 0 Å². The summed E-state index contributed by atoms with van der Waals surface area (Å²) in [6, 6.07) is 16.0. The summed E-state index contributed by atoms with van der Waals surface area (Å²) in [5.74, 6) is 2.27. The van der Waals surface area contributed by atoms with Crippen LogP contribution in [0.25, 0.3) is 5.57 Å². The maximum Gasteiger partial charge on any atom is 0.255 e. The van der Waals surface area contributed by atoms with Crippen molar-refractivity contribution in [3.8, 4) is 0 Å². The number of fused-ring (bicyclic) bond motifs is 5. The molecule has 1 fully saturated rings. The van der Waals surface area contributed by atoms with Gasteiger partial charge in [0, 0.05) is 44.1 Å². The number of aromatic nitrogens is 2. The standard InChI is InChI=1S/C28H29N7O/c1-19-21-8-9-24(34-15-5-14-33(2)16-17-34)32-26(21)35-23-7-4-3-6-22(23)31-27(35)25(19)28(36)30-18-20-10-12-29-13-11-20/h3-4,6-13,31H,1,5,14-18H2,2H3,(H,30,36). The smallest absolute Gasteiger partial charge is 0.255 e. The summed E-state index contributed by atoms with van der Waals surface area (Å²) >= 11 is 0. The van der Waals surface area contributed by atoms with Gasteiger partial charge in [0.25, 0.3) is 5.91 Å². The molecule has 1 amide bonds. The van der Waals surface area contributed by atoms with Crippen molar-refractivity contribution in [2.45, 2.75) is 13.0 Å². The first-order valence-electron chi connectivity index (χ1n) is 12.3. The molecule has 0 atom stereocenters. The van der Waals surface area contributed by atoms with E-state index in [2.05, 4.69) is 62.1 Å². The van der Waals surface area contributed by atoms with Gasteiger partial charge in [0.05, 0.1) is 16.9 Å². The highest BCUT2D eigenvalue weighted by molar-refractivity contribution is 6.15. The summed E-state index contributed by atoms with van der Waals surface area (Å²) in [6.07, 6.45) is 4.55. The predicted octanol–water partition coefficient (Wildman–Crippen LogP) is 3.74. The molecule has 1 saturated heterocycles. The molecule has 0 saturated carbocycles. The lowest BCUT2D eigenvalue weighted by molar-refractivity contribution is -0.117. The van der Waals surface area contributed by atoms with Crippen LogP contribution in [-0.4, -0.2) is 54.0 Å². The molecule has 0 aliphatic carbocycles. The van der Waals surface area contributed by atoms with Crippen LogP contribution in [0.3, 0.4) is 0 Å². The lowest BCUT2D eigenvalue weighted by Crippen LogP contribution is -2.33. The molecule has 2 aromatic heterocycles. The number of pyridine rings is 2. The van der Waals surface area contributed by atoms with Crippen LogP contribution in [0.4, 0.5) is 23.0 Å². The van der Waals surface area contributed by atoms with Gasteiger partial charge in [-0.05, 0) is 67.5 Å². The third-order valence-electron chi connectivity index (χ3n) is 7.03. The predicted molar refractivity (Wildman–Crippen MR) is 143 cm³/mol. The van der Waals surface area contributed by atoms with Crippen molar-refractivity contribution in [1.82, 2.24) is 20.2 Å². The van der Waals surface area contributed by atoms with Crippen LogP contribution in [0.15, 0.2) is 78.9 Å². The molecule has 5 heterocycles. The van der Waals surface area contributed by atoms with Gasteiger partial charge in [0.15, 0.2) is 0 Å². The van der Waals surface area contributed by atoms with Crippen molar-refractivity contribution in [3.05, 3.63) is 90.0 Å². The topological polar surface area (TPSA) is 76.6 Å². The summed E-state index contributed by atoms with van der Waals surface area (Å²) in [6.45, 7) is 8.76. The third kappa shape index (κ3) is 3.89. The van der Waals surface area contributed by atoms with Crippen molar-refractivity contribution in [1.29, 1.82) is 0 Å². The molecule has 0 unspecified atom stereocenters. The molecule has 8 nitrogen and oxygen atoms in total. The maximum atomic E-state index is 13.5. The molecule has 6 rings (SSSR count). The van der Waals surface area contributed by atoms with Gasteiger partial charge in [-0.25, -0.2) is 4.98 Å². The van der Waals surface area contributed by atoms with E-state index in [4.69, 9.17) is 4.98 Å². The number of para-hydroxylation sites is 2. The number of nitrogens with one attached hydrogen (secondary N) is 2. The Labute approximate surface area is 211 Å². The van der Waals surface area contributed by atoms with Crippen LogP contribution in [0.2, 0.25) is 0 Å². The highest BCUT2D eigenvalue weighted by atomic mass is 16.1. The van der Waals surface area contributed by atoms with E-state index in [1.807, 2.05) is 30.3 Å². The average Bonchev–Trinajstić information content (AvgIpc) is 3.15. The summed E-state index contributed by atoms with van der Waals surface area (Å²) in [7, 11) is 2.17. The largest absolute Gasteiger partial charge is 0.355 e. The zero-order chi connectivity index (χ0) is 24.6. The molecule has 36 heavy (non-hydrogen) atoms. The first-order chi connectivity index (χ1) is 17.6. The monoisotopic (exact) mass is 479 g/mol. The van der Waals surface area contributed by atoms with Crippen LogP contribution in [0.5, 0.6) is 0 Å². The lowest BCUT2D eigenvalue weighted by atomic mass is 9.95. The fourth-order valence-electron chi connectivity index (χ4n) is 5.06. The second kappa shape index (κ2) is 9.13. The van der Waals surface area contributed by atoms with E-state index in [-0.39, 0.29) is 5.91 Å². The summed E-state index contributed by atoms with van der Waals surface area (Å²) in [4.78, 5) is 29.5. The van der Waals surface area contributed by atoms with Gasteiger partial charge in [0.2, 0.25) is 0 Å². The number of anilines is 4. The molecule has 1 aromatic carbocycles. The normalized spacial score (nSPS) is 17.2. The van der Waals surface area contributed by atoms with Gasteiger partial charge in [-0.3, -0.25) is 14.7 Å². The molecule has 3 aliphatic heterocycles. The van der Waals surface area contributed by atoms with Crippen molar-refractivity contribution in [2.75, 3.05) is 48.3 Å². The first-order valence-corrected chi connectivity index (χ1v) is 12.3. The number of hydrogen-bond donors (Lipinski definition) is 2. The van der Waals surface area contributed by atoms with Gasteiger partial charge < -0.3 is 20.4 Å². The van der Waals surface area contributed by atoms with Gasteiger partial charge in [0.1, 0.15) is 17.5 Å².